The Labute approximate surface area is 162 Å². The number of aryl methyl sites for hydroxylation is 1. The Hall–Kier alpha value is -3.29. The molecule has 1 aromatic carbocycles. The Morgan fingerprint density at radius 3 is 2.32 bits per heavy atom. The van der Waals surface area contributed by atoms with Crippen LogP contribution in [-0.4, -0.2) is 50.1 Å². The second-order valence-corrected chi connectivity index (χ2v) is 5.89. The molecule has 0 fully saturated rings. The van der Waals surface area contributed by atoms with Gasteiger partial charge in [-0.2, -0.15) is 0 Å². The molecule has 0 unspecified atom stereocenters. The van der Waals surface area contributed by atoms with E-state index in [0.717, 1.165) is 0 Å². The van der Waals surface area contributed by atoms with Crippen LogP contribution in [0.4, 0.5) is 0 Å². The lowest BCUT2D eigenvalue weighted by Crippen LogP contribution is -2.16. The first-order chi connectivity index (χ1) is 13.3. The first kappa shape index (κ1) is 21.0. The maximum atomic E-state index is 12.5. The van der Waals surface area contributed by atoms with Crippen LogP contribution in [0, 0.1) is 13.8 Å². The molecule has 150 valence electrons. The van der Waals surface area contributed by atoms with Gasteiger partial charge in [0.05, 0.1) is 32.1 Å². The minimum Gasteiger partial charge on any atom is -0.493 e. The third kappa shape index (κ3) is 4.16. The number of ketones is 1. The predicted octanol–water partition coefficient (Wildman–Crippen LogP) is 2.87. The Balaban J connectivity index is 2.16. The number of methoxy groups -OCH3 is 2. The molecule has 1 N–H and O–H groups in total. The lowest BCUT2D eigenvalue weighted by atomic mass is 10.1. The van der Waals surface area contributed by atoms with Crippen LogP contribution < -0.4 is 9.47 Å². The number of nitrogens with one attached hydrogen (secondary N) is 1. The molecule has 2 rings (SSSR count). The molecular weight excluding hydrogens is 366 g/mol. The van der Waals surface area contributed by atoms with Gasteiger partial charge in [0.1, 0.15) is 5.56 Å². The van der Waals surface area contributed by atoms with Crippen molar-refractivity contribution in [2.45, 2.75) is 20.8 Å². The first-order valence-corrected chi connectivity index (χ1v) is 8.63. The average molecular weight is 389 g/mol. The number of carbonyl (C=O) groups is 3. The molecule has 0 saturated heterocycles. The molecule has 0 spiro atoms. The highest BCUT2D eigenvalue weighted by Crippen LogP contribution is 2.31. The average Bonchev–Trinajstić information content (AvgIpc) is 2.99. The highest BCUT2D eigenvalue weighted by atomic mass is 16.5. The van der Waals surface area contributed by atoms with Crippen molar-refractivity contribution >= 4 is 17.7 Å². The minimum atomic E-state index is -0.726. The van der Waals surface area contributed by atoms with Crippen LogP contribution in [-0.2, 0) is 9.47 Å². The Bertz CT molecular complexity index is 898. The molecule has 8 heteroatoms. The van der Waals surface area contributed by atoms with E-state index in [1.54, 1.807) is 32.9 Å². The number of para-hydroxylation sites is 1. The summed E-state index contributed by atoms with van der Waals surface area (Å²) in [6.07, 6.45) is 0. The number of hydrogen-bond acceptors (Lipinski definition) is 7. The van der Waals surface area contributed by atoms with Crippen LogP contribution >= 0.6 is 0 Å². The van der Waals surface area contributed by atoms with Gasteiger partial charge < -0.3 is 23.9 Å². The number of rotatable bonds is 8. The summed E-state index contributed by atoms with van der Waals surface area (Å²) < 4.78 is 20.5. The topological polar surface area (TPSA) is 104 Å². The molecule has 0 aliphatic carbocycles. The fourth-order valence-corrected chi connectivity index (χ4v) is 2.87. The highest BCUT2D eigenvalue weighted by molar-refractivity contribution is 6.03. The largest absolute Gasteiger partial charge is 0.493 e. The Morgan fingerprint density at radius 1 is 1.00 bits per heavy atom. The molecule has 8 nitrogen and oxygen atoms in total. The van der Waals surface area contributed by atoms with Crippen LogP contribution in [0.25, 0.3) is 0 Å². The number of Topliss-reactive ketones (excluding diaryl/α,β-unsaturated/α-hetero) is 1. The normalized spacial score (nSPS) is 10.3. The number of carbonyl (C=O) groups excluding carboxylic acids is 3. The first-order valence-electron chi connectivity index (χ1n) is 8.63. The number of aromatic nitrogens is 1. The molecule has 0 saturated carbocycles. The monoisotopic (exact) mass is 389 g/mol. The van der Waals surface area contributed by atoms with Crippen molar-refractivity contribution in [3.8, 4) is 11.5 Å². The maximum Gasteiger partial charge on any atom is 0.342 e. The third-order valence-electron chi connectivity index (χ3n) is 4.15. The summed E-state index contributed by atoms with van der Waals surface area (Å²) in [4.78, 5) is 39.8. The van der Waals surface area contributed by atoms with E-state index in [-0.39, 0.29) is 23.6 Å². The molecule has 1 aromatic heterocycles. The van der Waals surface area contributed by atoms with Gasteiger partial charge in [-0.05, 0) is 38.5 Å². The van der Waals surface area contributed by atoms with E-state index < -0.39 is 24.3 Å². The molecule has 0 aliphatic heterocycles. The summed E-state index contributed by atoms with van der Waals surface area (Å²) in [5.74, 6) is -1.11. The van der Waals surface area contributed by atoms with E-state index in [1.807, 2.05) is 0 Å². The van der Waals surface area contributed by atoms with Crippen LogP contribution in [0.1, 0.15) is 49.4 Å². The van der Waals surface area contributed by atoms with Gasteiger partial charge in [-0.25, -0.2) is 9.59 Å². The third-order valence-corrected chi connectivity index (χ3v) is 4.15. The standard InChI is InChI=1S/C20H23NO7/c1-6-27-20(24)16-11(2)17(21-12(16)3)14(22)10-28-19(23)13-8-7-9-15(25-4)18(13)26-5/h7-9,21H,6,10H2,1-5H3. The molecule has 2 aromatic rings. The molecule has 0 bridgehead atoms. The summed E-state index contributed by atoms with van der Waals surface area (Å²) in [7, 11) is 2.86. The number of benzene rings is 1. The van der Waals surface area contributed by atoms with E-state index in [0.29, 0.717) is 22.6 Å². The van der Waals surface area contributed by atoms with E-state index in [4.69, 9.17) is 18.9 Å². The van der Waals surface area contributed by atoms with Gasteiger partial charge in [-0.3, -0.25) is 4.79 Å². The van der Waals surface area contributed by atoms with Gasteiger partial charge in [0.25, 0.3) is 0 Å². The zero-order valence-corrected chi connectivity index (χ0v) is 16.5. The summed E-state index contributed by atoms with van der Waals surface area (Å²) in [5, 5.41) is 0. The van der Waals surface area contributed by atoms with Crippen molar-refractivity contribution in [3.63, 3.8) is 0 Å². The quantitative estimate of drug-likeness (QED) is 0.547. The number of ether oxygens (including phenoxy) is 4. The summed E-state index contributed by atoms with van der Waals surface area (Å²) in [6.45, 7) is 4.74. The van der Waals surface area contributed by atoms with Gasteiger partial charge >= 0.3 is 11.9 Å². The second-order valence-electron chi connectivity index (χ2n) is 5.89. The van der Waals surface area contributed by atoms with Crippen LogP contribution in [0.15, 0.2) is 18.2 Å². The zero-order valence-electron chi connectivity index (χ0n) is 16.5. The zero-order chi connectivity index (χ0) is 20.8. The summed E-state index contributed by atoms with van der Waals surface area (Å²) in [5.41, 5.74) is 1.62. The van der Waals surface area contributed by atoms with E-state index in [9.17, 15) is 14.4 Å². The van der Waals surface area contributed by atoms with Crippen LogP contribution in [0.2, 0.25) is 0 Å². The van der Waals surface area contributed by atoms with Gasteiger partial charge in [0, 0.05) is 5.69 Å². The van der Waals surface area contributed by atoms with Crippen LogP contribution in [0.5, 0.6) is 11.5 Å². The predicted molar refractivity (Wildman–Crippen MR) is 100 cm³/mol. The van der Waals surface area contributed by atoms with Crippen molar-refractivity contribution in [1.29, 1.82) is 0 Å². The van der Waals surface area contributed by atoms with Gasteiger partial charge in [0.15, 0.2) is 18.1 Å². The summed E-state index contributed by atoms with van der Waals surface area (Å²) in [6, 6.07) is 4.77. The molecule has 0 radical (unpaired) electrons. The molecule has 0 aliphatic rings. The van der Waals surface area contributed by atoms with Crippen molar-refractivity contribution < 1.29 is 33.3 Å². The maximum absolute atomic E-state index is 12.5. The lowest BCUT2D eigenvalue weighted by Gasteiger charge is -2.11. The van der Waals surface area contributed by atoms with Gasteiger partial charge in [-0.1, -0.05) is 6.07 Å². The van der Waals surface area contributed by atoms with Crippen molar-refractivity contribution in [2.24, 2.45) is 0 Å². The fourth-order valence-electron chi connectivity index (χ4n) is 2.87. The molecule has 1 heterocycles. The highest BCUT2D eigenvalue weighted by Gasteiger charge is 2.24. The smallest absolute Gasteiger partial charge is 0.342 e. The number of aromatic amines is 1. The Kier molecular flexibility index (Phi) is 6.81. The lowest BCUT2D eigenvalue weighted by molar-refractivity contribution is 0.0468. The van der Waals surface area contributed by atoms with E-state index >= 15 is 0 Å². The SMILES string of the molecule is CCOC(=O)c1c(C)[nH]c(C(=O)COC(=O)c2cccc(OC)c2OC)c1C. The van der Waals surface area contributed by atoms with E-state index in [2.05, 4.69) is 4.98 Å². The summed E-state index contributed by atoms with van der Waals surface area (Å²) >= 11 is 0. The second kappa shape index (κ2) is 9.07. The minimum absolute atomic E-state index is 0.140. The van der Waals surface area contributed by atoms with Gasteiger partial charge in [-0.15, -0.1) is 0 Å². The molecule has 28 heavy (non-hydrogen) atoms. The molecular formula is C20H23NO7. The fraction of sp³-hybridized carbons (Fsp3) is 0.350. The van der Waals surface area contributed by atoms with Crippen LogP contribution in [0.3, 0.4) is 0 Å². The van der Waals surface area contributed by atoms with Crippen molar-refractivity contribution in [3.05, 3.63) is 46.3 Å². The van der Waals surface area contributed by atoms with Crippen molar-refractivity contribution in [2.75, 3.05) is 27.4 Å². The van der Waals surface area contributed by atoms with E-state index in [1.165, 1.54) is 20.3 Å². The number of esters is 2. The molecule has 0 amide bonds. The number of H-pyrrole nitrogens is 1. The number of hydrogen-bond donors (Lipinski definition) is 1. The Morgan fingerprint density at radius 2 is 1.71 bits per heavy atom. The van der Waals surface area contributed by atoms with Gasteiger partial charge in [0.2, 0.25) is 5.78 Å². The molecule has 0 atom stereocenters. The van der Waals surface area contributed by atoms with Crippen molar-refractivity contribution in [1.82, 2.24) is 4.98 Å².